The van der Waals surface area contributed by atoms with Gasteiger partial charge in [-0.2, -0.15) is 0 Å². The van der Waals surface area contributed by atoms with E-state index >= 15 is 0 Å². The minimum atomic E-state index is -0.749. The van der Waals surface area contributed by atoms with E-state index in [2.05, 4.69) is 29.8 Å². The van der Waals surface area contributed by atoms with Gasteiger partial charge in [-0.25, -0.2) is 33.6 Å². The molecule has 2 aliphatic rings. The van der Waals surface area contributed by atoms with Crippen LogP contribution in [0.2, 0.25) is 0 Å². The Morgan fingerprint density at radius 2 is 0.604 bits per heavy atom. The van der Waals surface area contributed by atoms with Crippen molar-refractivity contribution in [3.05, 3.63) is 283 Å². The number of ketones is 1. The van der Waals surface area contributed by atoms with Gasteiger partial charge >= 0.3 is 41.8 Å². The van der Waals surface area contributed by atoms with Crippen molar-refractivity contribution in [1.82, 2.24) is 9.80 Å². The molecule has 8 aromatic rings. The van der Waals surface area contributed by atoms with E-state index < -0.39 is 69.0 Å². The number of ether oxygens (including phenoxy) is 7. The van der Waals surface area contributed by atoms with Crippen molar-refractivity contribution in [3.8, 4) is 0 Å². The molecule has 2 aliphatic heterocycles. The predicted octanol–water partition coefficient (Wildman–Crippen LogP) is 4.86. The Kier molecular flexibility index (Phi) is 37.5. The Bertz CT molecular complexity index is 4110. The highest BCUT2D eigenvalue weighted by molar-refractivity contribution is 6.00. The third kappa shape index (κ3) is 27.8. The lowest BCUT2D eigenvalue weighted by Gasteiger charge is -2.16. The Morgan fingerprint density at radius 1 is 0.321 bits per heavy atom. The van der Waals surface area contributed by atoms with Gasteiger partial charge < -0.3 is 94.7 Å². The van der Waals surface area contributed by atoms with Crippen molar-refractivity contribution >= 4 is 59.4 Å². The van der Waals surface area contributed by atoms with Crippen molar-refractivity contribution in [2.24, 2.45) is 5.73 Å². The number of benzene rings is 8. The van der Waals surface area contributed by atoms with Crippen LogP contribution < -0.4 is 5.73 Å². The van der Waals surface area contributed by atoms with E-state index in [0.717, 1.165) is 44.5 Å². The normalized spacial score (nSPS) is 11.2. The highest BCUT2D eigenvalue weighted by Crippen LogP contribution is 2.26. The summed E-state index contributed by atoms with van der Waals surface area (Å²) >= 11 is 0. The third-order valence-corrected chi connectivity index (χ3v) is 14.8. The van der Waals surface area contributed by atoms with Crippen LogP contribution in [-0.4, -0.2) is 195 Å². The van der Waals surface area contributed by atoms with Gasteiger partial charge in [0, 0.05) is 55.8 Å². The Hall–Kier alpha value is -11.7. The molecule has 2 heterocycles. The number of esters is 7. The molecule has 10 rings (SSSR count). The van der Waals surface area contributed by atoms with Crippen LogP contribution >= 0.6 is 0 Å². The fourth-order valence-corrected chi connectivity index (χ4v) is 9.71. The summed E-state index contributed by atoms with van der Waals surface area (Å²) in [5.41, 5.74) is 15.5. The molecule has 0 aliphatic carbocycles. The summed E-state index contributed by atoms with van der Waals surface area (Å²) in [6, 6.07) is 54.0. The van der Waals surface area contributed by atoms with Crippen molar-refractivity contribution < 1.29 is 127 Å². The van der Waals surface area contributed by atoms with Gasteiger partial charge in [0.05, 0.1) is 72.0 Å². The highest BCUT2D eigenvalue weighted by Gasteiger charge is 2.28. The van der Waals surface area contributed by atoms with Gasteiger partial charge in [-0.1, -0.05) is 97.1 Å². The van der Waals surface area contributed by atoms with Gasteiger partial charge in [0.1, 0.15) is 19.8 Å². The molecule has 29 nitrogen and oxygen atoms in total. The molecular weight excluding hydrogens is 1380 g/mol. The zero-order chi connectivity index (χ0) is 77.2. The molecule has 106 heavy (non-hydrogen) atoms. The largest absolute Gasteiger partial charge is 0.460 e. The van der Waals surface area contributed by atoms with Gasteiger partial charge in [0.25, 0.3) is 11.8 Å². The van der Waals surface area contributed by atoms with Gasteiger partial charge in [0.15, 0.2) is 33.0 Å². The van der Waals surface area contributed by atoms with Crippen LogP contribution in [0.4, 0.5) is 0 Å². The fraction of sp³-hybridized carbons (Fsp3) is 0.247. The maximum absolute atomic E-state index is 12.9. The lowest BCUT2D eigenvalue weighted by Crippen LogP contribution is -2.23. The van der Waals surface area contributed by atoms with Crippen LogP contribution in [0.25, 0.3) is 0 Å². The van der Waals surface area contributed by atoms with Crippen molar-refractivity contribution in [2.45, 2.75) is 45.6 Å². The number of fused-ring (bicyclic) bond motifs is 2. The smallest absolute Gasteiger partial charge is 0.340 e. The maximum Gasteiger partial charge on any atom is 0.340 e. The van der Waals surface area contributed by atoms with Crippen LogP contribution in [0.3, 0.4) is 0 Å². The first kappa shape index (κ1) is 84.9. The molecule has 0 fully saturated rings. The van der Waals surface area contributed by atoms with Crippen LogP contribution in [0.1, 0.15) is 143 Å². The Balaban J connectivity index is 0.000000275. The highest BCUT2D eigenvalue weighted by atomic mass is 16.6. The standard InChI is InChI=1S/C36H31NO9.C16H16N2O.C11H12O6.C10H10O6.2C2H6O2/c38-23-46-36(43)29-15-13-28(14-16-29)35(42)45-19-18-44-34(41)27-11-9-26(10-12-27)32(39)17-8-24-4-3-5-25(20-24)21-37-22-30-6-1-2-7-31(30)33(37)40;17-9-12-4-3-5-13(8-12)10-18-11-14-6-1-2-7-15(14)16(18)19;12-5-6-16-10(14)8-1-3-9(4-2-8)11(15)17-7-13;11-5-15-9(13)7-1-2-8(4-3-7)10(14)16-6-12;2*3-1-2-4/h1-7,9-16,20,38H,8,17-19,21-23H2;1-8H,9-11,17H2;1-4,12-13H,5-7H2;1-4,11-12H,5-6H2;2*3-4H,1-2H2. The van der Waals surface area contributed by atoms with Crippen molar-refractivity contribution in [3.63, 3.8) is 0 Å². The van der Waals surface area contributed by atoms with Crippen molar-refractivity contribution in [2.75, 3.05) is 80.0 Å². The van der Waals surface area contributed by atoms with Crippen LogP contribution in [0.15, 0.2) is 194 Å². The molecule has 0 atom stereocenters. The van der Waals surface area contributed by atoms with Crippen LogP contribution in [-0.2, 0) is 72.3 Å². The molecule has 0 bridgehead atoms. The van der Waals surface area contributed by atoms with E-state index in [9.17, 15) is 47.9 Å². The number of amides is 2. The molecule has 2 amide bonds. The average Bonchev–Trinajstić information content (AvgIpc) is 1.67. The SMILES string of the molecule is NCc1cccc(CN2Cc3ccccc3C2=O)c1.O=C(CCc1cccc(CN2Cc3ccccc3C2=O)c1)c1ccc(C(=O)OCCOC(=O)c2ccc(C(=O)OCO)cc2)cc1.O=C(OCO)c1ccc(C(=O)OCCO)cc1.O=C(OCO)c1ccc(C(=O)OCO)cc1.OCCO.OCCO. The third-order valence-electron chi connectivity index (χ3n) is 14.8. The van der Waals surface area contributed by atoms with Crippen LogP contribution in [0, 0.1) is 0 Å². The summed E-state index contributed by atoms with van der Waals surface area (Å²) in [4.78, 5) is 122. The summed E-state index contributed by atoms with van der Waals surface area (Å²) in [7, 11) is 0. The molecule has 29 heteroatoms. The van der Waals surface area contributed by atoms with Gasteiger partial charge in [0.2, 0.25) is 0 Å². The molecule has 0 saturated carbocycles. The molecular formula is C77H81N3O26. The lowest BCUT2D eigenvalue weighted by molar-refractivity contribution is 0.00523. The Morgan fingerprint density at radius 3 is 0.906 bits per heavy atom. The number of carbonyl (C=O) groups is 10. The van der Waals surface area contributed by atoms with E-state index in [0.29, 0.717) is 44.7 Å². The second kappa shape index (κ2) is 46.8. The molecule has 0 saturated heterocycles. The molecule has 0 spiro atoms. The molecule has 0 unspecified atom stereocenters. The number of aliphatic hydroxyl groups excluding tert-OH is 9. The Labute approximate surface area is 608 Å². The lowest BCUT2D eigenvalue weighted by atomic mass is 10.0. The van der Waals surface area contributed by atoms with Gasteiger partial charge in [-0.05, 0) is 137 Å². The summed E-state index contributed by atoms with van der Waals surface area (Å²) < 4.78 is 32.5. The first-order valence-corrected chi connectivity index (χ1v) is 32.5. The molecule has 0 aromatic heterocycles. The van der Waals surface area contributed by atoms with Crippen LogP contribution in [0.5, 0.6) is 0 Å². The molecule has 8 aromatic carbocycles. The maximum atomic E-state index is 12.9. The van der Waals surface area contributed by atoms with Gasteiger partial charge in [-0.3, -0.25) is 14.4 Å². The monoisotopic (exact) mass is 1460 g/mol. The van der Waals surface area contributed by atoms with E-state index in [-0.39, 0.29) is 116 Å². The number of hydrogen-bond acceptors (Lipinski definition) is 27. The molecule has 560 valence electrons. The minimum absolute atomic E-state index is 0.0251. The second-order valence-electron chi connectivity index (χ2n) is 22.0. The predicted molar refractivity (Wildman–Crippen MR) is 376 cm³/mol. The van der Waals surface area contributed by atoms with E-state index in [1.807, 2.05) is 101 Å². The number of aryl methyl sites for hydroxylation is 1. The summed E-state index contributed by atoms with van der Waals surface area (Å²) in [5, 5.41) is 72.8. The number of hydrogen-bond donors (Lipinski definition) is 10. The van der Waals surface area contributed by atoms with Gasteiger partial charge in [-0.15, -0.1) is 0 Å². The number of nitrogens with zero attached hydrogens (tertiary/aromatic N) is 2. The van der Waals surface area contributed by atoms with E-state index in [1.54, 1.807) is 12.1 Å². The minimum Gasteiger partial charge on any atom is -0.460 e. The molecule has 11 N–H and O–H groups in total. The summed E-state index contributed by atoms with van der Waals surface area (Å²) in [5.74, 6) is -4.59. The first-order chi connectivity index (χ1) is 51.3. The number of carbonyl (C=O) groups excluding carboxylic acids is 10. The topological polar surface area (TPSA) is 450 Å². The quantitative estimate of drug-likeness (QED) is 0.0108. The number of Topliss-reactive ketones (excluding diaryl/α,β-unsaturated/α-hetero) is 1. The zero-order valence-electron chi connectivity index (χ0n) is 57.3. The van der Waals surface area contributed by atoms with Crippen molar-refractivity contribution in [1.29, 1.82) is 0 Å². The average molecular weight is 1460 g/mol. The number of rotatable bonds is 27. The second-order valence-corrected chi connectivity index (χ2v) is 22.0. The number of nitrogens with two attached hydrogens (primary N) is 1. The first-order valence-electron chi connectivity index (χ1n) is 32.5. The van der Waals surface area contributed by atoms with E-state index in [4.69, 9.17) is 61.2 Å². The number of aliphatic hydroxyl groups is 9. The van der Waals surface area contributed by atoms with E-state index in [1.165, 1.54) is 84.9 Å². The summed E-state index contributed by atoms with van der Waals surface area (Å²) in [6.45, 7) is -1.08. The zero-order valence-corrected chi connectivity index (χ0v) is 57.3. The molecule has 0 radical (unpaired) electrons. The fourth-order valence-electron chi connectivity index (χ4n) is 9.71. The summed E-state index contributed by atoms with van der Waals surface area (Å²) in [6.07, 6.45) is 0.811.